The summed E-state index contributed by atoms with van der Waals surface area (Å²) in [6, 6.07) is 10.2. The maximum atomic E-state index is 10.3. The van der Waals surface area contributed by atoms with Crippen LogP contribution in [0.2, 0.25) is 0 Å². The van der Waals surface area contributed by atoms with Gasteiger partial charge >= 0.3 is 0 Å². The third-order valence-corrected chi connectivity index (χ3v) is 5.00. The quantitative estimate of drug-likeness (QED) is 0.253. The van der Waals surface area contributed by atoms with Crippen LogP contribution >= 0.6 is 24.0 Å². The van der Waals surface area contributed by atoms with Gasteiger partial charge in [-0.25, -0.2) is 0 Å². The van der Waals surface area contributed by atoms with E-state index in [0.29, 0.717) is 24.9 Å². The van der Waals surface area contributed by atoms with E-state index in [1.54, 1.807) is 0 Å². The number of ether oxygens (including phenoxy) is 1. The maximum Gasteiger partial charge on any atom is 0.191 e. The Bertz CT molecular complexity index is 565. The number of guanidine groups is 1. The Kier molecular flexibility index (Phi) is 13.5. The van der Waals surface area contributed by atoms with Crippen LogP contribution in [0.1, 0.15) is 45.3 Å². The van der Waals surface area contributed by atoms with E-state index < -0.39 is 6.10 Å². The molecule has 1 saturated heterocycles. The molecule has 29 heavy (non-hydrogen) atoms. The molecule has 0 saturated carbocycles. The highest BCUT2D eigenvalue weighted by Crippen LogP contribution is 2.15. The van der Waals surface area contributed by atoms with Crippen LogP contribution in [0.25, 0.3) is 0 Å². The smallest absolute Gasteiger partial charge is 0.191 e. The molecule has 1 aliphatic rings. The van der Waals surface area contributed by atoms with Crippen molar-refractivity contribution < 1.29 is 9.84 Å². The van der Waals surface area contributed by atoms with Crippen molar-refractivity contribution in [2.75, 3.05) is 45.9 Å². The normalized spacial score (nSPS) is 17.5. The molecule has 1 aromatic carbocycles. The van der Waals surface area contributed by atoms with Crippen molar-refractivity contribution in [1.29, 1.82) is 0 Å². The summed E-state index contributed by atoms with van der Waals surface area (Å²) < 4.78 is 5.51. The topological polar surface area (TPSA) is 69.1 Å². The second kappa shape index (κ2) is 15.0. The molecule has 2 unspecified atom stereocenters. The lowest BCUT2D eigenvalue weighted by Crippen LogP contribution is -2.46. The van der Waals surface area contributed by atoms with Crippen molar-refractivity contribution in [2.45, 2.75) is 45.8 Å². The van der Waals surface area contributed by atoms with Gasteiger partial charge in [-0.1, -0.05) is 44.2 Å². The van der Waals surface area contributed by atoms with Crippen LogP contribution in [-0.4, -0.2) is 67.9 Å². The predicted molar refractivity (Wildman–Crippen MR) is 131 cm³/mol. The first-order valence-electron chi connectivity index (χ1n) is 10.7. The van der Waals surface area contributed by atoms with Crippen LogP contribution in [0.15, 0.2) is 35.3 Å². The lowest BCUT2D eigenvalue weighted by Gasteiger charge is -2.34. The van der Waals surface area contributed by atoms with Crippen molar-refractivity contribution in [2.24, 2.45) is 10.9 Å². The van der Waals surface area contributed by atoms with Crippen molar-refractivity contribution in [3.63, 3.8) is 0 Å². The van der Waals surface area contributed by atoms with Crippen LogP contribution in [-0.2, 0) is 4.74 Å². The average Bonchev–Trinajstić information content (AvgIpc) is 2.71. The lowest BCUT2D eigenvalue weighted by molar-refractivity contribution is 0.0143. The number of halogens is 1. The summed E-state index contributed by atoms with van der Waals surface area (Å²) in [5.74, 6) is 1.46. The fraction of sp³-hybridized carbons (Fsp3) is 0.682. The van der Waals surface area contributed by atoms with Crippen LogP contribution in [0.4, 0.5) is 0 Å². The Morgan fingerprint density at radius 2 is 1.86 bits per heavy atom. The number of morpholine rings is 1. The molecule has 0 aromatic heterocycles. The number of hydrogen-bond donors (Lipinski definition) is 3. The number of benzene rings is 1. The highest BCUT2D eigenvalue weighted by Gasteiger charge is 2.21. The zero-order valence-electron chi connectivity index (χ0n) is 18.1. The summed E-state index contributed by atoms with van der Waals surface area (Å²) in [7, 11) is 0. The highest BCUT2D eigenvalue weighted by molar-refractivity contribution is 14.0. The number of rotatable bonds is 10. The summed E-state index contributed by atoms with van der Waals surface area (Å²) in [6.07, 6.45) is 1.32. The molecule has 0 radical (unpaired) electrons. The molecular weight excluding hydrogens is 479 g/mol. The molecule has 6 nitrogen and oxygen atoms in total. The van der Waals surface area contributed by atoms with E-state index in [-0.39, 0.29) is 24.0 Å². The number of hydrogen-bond acceptors (Lipinski definition) is 4. The van der Waals surface area contributed by atoms with Crippen molar-refractivity contribution in [3.8, 4) is 0 Å². The fourth-order valence-electron chi connectivity index (χ4n) is 3.53. The van der Waals surface area contributed by atoms with E-state index >= 15 is 0 Å². The van der Waals surface area contributed by atoms with E-state index in [0.717, 1.165) is 57.3 Å². The molecule has 1 heterocycles. The number of aliphatic imine (C=N–C) groups is 1. The molecule has 0 amide bonds. The number of nitrogens with one attached hydrogen (secondary N) is 2. The van der Waals surface area contributed by atoms with E-state index in [1.807, 2.05) is 30.3 Å². The van der Waals surface area contributed by atoms with Gasteiger partial charge < -0.3 is 20.5 Å². The van der Waals surface area contributed by atoms with E-state index in [2.05, 4.69) is 36.3 Å². The van der Waals surface area contributed by atoms with Gasteiger partial charge in [-0.3, -0.25) is 9.89 Å². The largest absolute Gasteiger partial charge is 0.388 e. The first-order valence-corrected chi connectivity index (χ1v) is 10.7. The Morgan fingerprint density at radius 3 is 2.48 bits per heavy atom. The molecule has 1 aliphatic heterocycles. The van der Waals surface area contributed by atoms with E-state index in [9.17, 15) is 5.11 Å². The second-order valence-electron chi connectivity index (χ2n) is 7.79. The number of nitrogens with zero attached hydrogens (tertiary/aromatic N) is 2. The van der Waals surface area contributed by atoms with Gasteiger partial charge in [-0.15, -0.1) is 24.0 Å². The highest BCUT2D eigenvalue weighted by atomic mass is 127. The van der Waals surface area contributed by atoms with Crippen molar-refractivity contribution in [1.82, 2.24) is 15.5 Å². The molecule has 1 aromatic rings. The molecule has 3 N–H and O–H groups in total. The monoisotopic (exact) mass is 518 g/mol. The average molecular weight is 518 g/mol. The Hall–Kier alpha value is -0.900. The summed E-state index contributed by atoms with van der Waals surface area (Å²) in [4.78, 5) is 7.35. The van der Waals surface area contributed by atoms with Crippen LogP contribution in [0.3, 0.4) is 0 Å². The van der Waals surface area contributed by atoms with Gasteiger partial charge in [0.2, 0.25) is 0 Å². The van der Waals surface area contributed by atoms with Crippen LogP contribution < -0.4 is 10.6 Å². The third kappa shape index (κ3) is 10.1. The molecule has 0 spiro atoms. The predicted octanol–water partition coefficient (Wildman–Crippen LogP) is 3.03. The second-order valence-corrected chi connectivity index (χ2v) is 7.79. The Morgan fingerprint density at radius 1 is 1.17 bits per heavy atom. The summed E-state index contributed by atoms with van der Waals surface area (Å²) in [6.45, 7) is 12.5. The van der Waals surface area contributed by atoms with Gasteiger partial charge in [-0.05, 0) is 31.2 Å². The number of aliphatic hydroxyl groups is 1. The zero-order chi connectivity index (χ0) is 20.2. The van der Waals surface area contributed by atoms with Gasteiger partial charge in [0, 0.05) is 32.2 Å². The Labute approximate surface area is 193 Å². The molecule has 2 atom stereocenters. The van der Waals surface area contributed by atoms with Crippen LogP contribution in [0.5, 0.6) is 0 Å². The third-order valence-electron chi connectivity index (χ3n) is 5.00. The molecule has 0 aliphatic carbocycles. The summed E-state index contributed by atoms with van der Waals surface area (Å²) in [5, 5.41) is 17.0. The molecule has 166 valence electrons. The summed E-state index contributed by atoms with van der Waals surface area (Å²) >= 11 is 0. The maximum absolute atomic E-state index is 10.3. The molecule has 2 rings (SSSR count). The molecule has 0 bridgehead atoms. The minimum atomic E-state index is -0.460. The van der Waals surface area contributed by atoms with Crippen molar-refractivity contribution >= 4 is 29.9 Å². The standard InChI is InChI=1S/C22H38N4O2.HI/c1-4-23-22(24-11-10-21(27)19-8-6-5-7-9-19)25-17-20(16-18(2)3)26-12-14-28-15-13-26;/h5-9,18,20-21,27H,4,10-17H2,1-3H3,(H2,23,24,25);1H. The van der Waals surface area contributed by atoms with Gasteiger partial charge in [0.25, 0.3) is 0 Å². The molecule has 7 heteroatoms. The molecule has 1 fully saturated rings. The SMILES string of the molecule is CCNC(=NCC(CC(C)C)N1CCOCC1)NCCC(O)c1ccccc1.I. The first-order chi connectivity index (χ1) is 13.6. The van der Waals surface area contributed by atoms with Gasteiger partial charge in [0.05, 0.1) is 25.9 Å². The van der Waals surface area contributed by atoms with Crippen LogP contribution in [0, 0.1) is 5.92 Å². The summed E-state index contributed by atoms with van der Waals surface area (Å²) in [5.41, 5.74) is 0.954. The van der Waals surface area contributed by atoms with E-state index in [1.165, 1.54) is 0 Å². The first kappa shape index (κ1) is 26.1. The Balaban J connectivity index is 0.00000420. The zero-order valence-corrected chi connectivity index (χ0v) is 20.5. The minimum absolute atomic E-state index is 0. The van der Waals surface area contributed by atoms with Gasteiger partial charge in [-0.2, -0.15) is 0 Å². The minimum Gasteiger partial charge on any atom is -0.388 e. The van der Waals surface area contributed by atoms with Crippen molar-refractivity contribution in [3.05, 3.63) is 35.9 Å². The lowest BCUT2D eigenvalue weighted by atomic mass is 10.0. The van der Waals surface area contributed by atoms with Gasteiger partial charge in [0.15, 0.2) is 5.96 Å². The fourth-order valence-corrected chi connectivity index (χ4v) is 3.53. The van der Waals surface area contributed by atoms with E-state index in [4.69, 9.17) is 9.73 Å². The number of aliphatic hydroxyl groups excluding tert-OH is 1. The molecular formula is C22H39IN4O2. The van der Waals surface area contributed by atoms with Gasteiger partial charge in [0.1, 0.15) is 0 Å².